The summed E-state index contributed by atoms with van der Waals surface area (Å²) in [6.45, 7) is -2.69. The van der Waals surface area contributed by atoms with Crippen molar-refractivity contribution in [2.24, 2.45) is 29.4 Å². The Kier molecular flexibility index (Phi) is 34.2. The summed E-state index contributed by atoms with van der Waals surface area (Å²) in [6.07, 6.45) is -85.7. The molecule has 117 heavy (non-hydrogen) atoms. The number of carboxylic acid groups (broad SMARTS) is 1. The summed E-state index contributed by atoms with van der Waals surface area (Å²) in [5.41, 5.74) is 5.96. The molecule has 0 saturated carbocycles. The molecule has 10 saturated heterocycles. The van der Waals surface area contributed by atoms with Crippen LogP contribution in [-0.2, 0) is 94.8 Å². The molecule has 49 heteroatoms. The van der Waals surface area contributed by atoms with Gasteiger partial charge in [-0.15, -0.1) is 0 Å². The van der Waals surface area contributed by atoms with Gasteiger partial charge in [0.05, 0.1) is 109 Å². The molecular formula is C68H117NO48. The van der Waals surface area contributed by atoms with Crippen LogP contribution >= 0.6 is 0 Å². The monoisotopic (exact) mass is 1720 g/mol. The zero-order valence-electron chi connectivity index (χ0n) is 63.9. The normalized spacial score (nSPS) is 52.1. The number of nitrogens with two attached hydrogens (primary N) is 1. The lowest BCUT2D eigenvalue weighted by Crippen LogP contribution is -2.68. The molecule has 10 heterocycles. The van der Waals surface area contributed by atoms with E-state index in [-0.39, 0.29) is 0 Å². The van der Waals surface area contributed by atoms with Crippen molar-refractivity contribution in [3.8, 4) is 0 Å². The van der Waals surface area contributed by atoms with Crippen molar-refractivity contribution in [1.82, 2.24) is 0 Å². The Morgan fingerprint density at radius 2 is 0.675 bits per heavy atom. The first-order valence-electron chi connectivity index (χ1n) is 38.5. The Labute approximate surface area is 666 Å². The molecule has 0 bridgehead atoms. The number of carbonyl (C=O) groups is 1. The number of aliphatic hydroxyl groups excluding tert-OH is 27. The van der Waals surface area contributed by atoms with Gasteiger partial charge in [-0.25, -0.2) is 4.79 Å². The molecule has 30 N–H and O–H groups in total. The van der Waals surface area contributed by atoms with Gasteiger partial charge in [-0.1, -0.05) is 27.7 Å². The maximum atomic E-state index is 12.8. The van der Waals surface area contributed by atoms with Crippen LogP contribution < -0.4 is 5.73 Å². The van der Waals surface area contributed by atoms with E-state index in [1.165, 1.54) is 20.8 Å². The second-order valence-electron chi connectivity index (χ2n) is 31.4. The average Bonchev–Trinajstić information content (AvgIpc) is 0.771. The summed E-state index contributed by atoms with van der Waals surface area (Å²) < 4.78 is 114. The van der Waals surface area contributed by atoms with E-state index in [2.05, 4.69) is 0 Å². The van der Waals surface area contributed by atoms with E-state index >= 15 is 0 Å². The predicted molar refractivity (Wildman–Crippen MR) is 365 cm³/mol. The summed E-state index contributed by atoms with van der Waals surface area (Å²) in [7, 11) is 0. The minimum absolute atomic E-state index is 0.554. The summed E-state index contributed by atoms with van der Waals surface area (Å²) in [4.78, 5) is 12.8. The van der Waals surface area contributed by atoms with Crippen LogP contribution in [0.3, 0.4) is 0 Å². The van der Waals surface area contributed by atoms with Gasteiger partial charge in [-0.2, -0.15) is 0 Å². The van der Waals surface area contributed by atoms with Crippen molar-refractivity contribution < 1.29 is 238 Å². The molecule has 10 aliphatic heterocycles. The van der Waals surface area contributed by atoms with Crippen molar-refractivity contribution in [2.75, 3.05) is 66.1 Å². The van der Waals surface area contributed by atoms with Gasteiger partial charge in [-0.3, -0.25) is 0 Å². The molecule has 20 unspecified atom stereocenters. The molecule has 49 nitrogen and oxygen atoms in total. The highest BCUT2D eigenvalue weighted by molar-refractivity contribution is 5.76. The lowest BCUT2D eigenvalue weighted by atomic mass is 9.88. The predicted octanol–water partition coefficient (Wildman–Crippen LogP) is -17.5. The van der Waals surface area contributed by atoms with Crippen LogP contribution in [0.5, 0.6) is 0 Å². The van der Waals surface area contributed by atoms with E-state index < -0.39 is 390 Å². The SMILES string of the molecule is CC1C(O)[C@H](O[C@@H]2OC(CO)[C@H](O)C(O)[C@@H]2O)[C@H](CO)O[C@H]1O[C@@H]1C(O)[C@H](O)C(CO)O[C@@H]1OCC1O[C@@H](O[C@@H]2C(CO)O[C@@H](O[C@@H]3C(CO)O[C@@H](C)[C@@H](C)C3O)[C@@H](C)C2O)[C@H](O)C(O[C@H]2O[C@H](CO)[C@@H](O)C(O)C2O[C@@H]2OC(CO)[C@@H](O[C@@H]3OC(CO[C@]4(C(=O)O)C[C@@H](O)[C@@H](N)C([C@H](O)C(O)CO)O4)[C@H](O)C(O)[C@@H]3O)C(O)[C@@H]2C)[C@@H]1O. The molecule has 0 aromatic rings. The van der Waals surface area contributed by atoms with Crippen LogP contribution in [0.1, 0.15) is 41.0 Å². The molecule has 0 aromatic carbocycles. The number of ether oxygens (including phenoxy) is 19. The Balaban J connectivity index is 0.898. The minimum atomic E-state index is -2.95. The fourth-order valence-corrected chi connectivity index (χ4v) is 15.9. The van der Waals surface area contributed by atoms with Crippen molar-refractivity contribution in [3.63, 3.8) is 0 Å². The summed E-state index contributed by atoms with van der Waals surface area (Å²) in [6, 6.07) is -1.57. The molecule has 10 rings (SSSR count). The van der Waals surface area contributed by atoms with Crippen LogP contribution in [0.4, 0.5) is 0 Å². The third kappa shape index (κ3) is 20.2. The van der Waals surface area contributed by atoms with Crippen LogP contribution in [0.2, 0.25) is 0 Å². The molecule has 0 aromatic heterocycles. The van der Waals surface area contributed by atoms with Crippen molar-refractivity contribution in [3.05, 3.63) is 0 Å². The Morgan fingerprint density at radius 1 is 0.350 bits per heavy atom. The zero-order valence-corrected chi connectivity index (χ0v) is 63.9. The largest absolute Gasteiger partial charge is 0.477 e. The van der Waals surface area contributed by atoms with Crippen LogP contribution in [-0.4, -0.2) is 503 Å². The number of aliphatic hydroxyl groups is 27. The van der Waals surface area contributed by atoms with Crippen LogP contribution in [0.25, 0.3) is 0 Å². The van der Waals surface area contributed by atoms with E-state index in [1.807, 2.05) is 0 Å². The molecule has 0 radical (unpaired) electrons. The number of aliphatic carboxylic acids is 1. The van der Waals surface area contributed by atoms with Crippen molar-refractivity contribution in [1.29, 1.82) is 0 Å². The topological polar surface area (TPSA) is 785 Å². The van der Waals surface area contributed by atoms with Gasteiger partial charge >= 0.3 is 5.97 Å². The Bertz CT molecular complexity index is 3020. The molecule has 0 spiro atoms. The van der Waals surface area contributed by atoms with Gasteiger partial charge < -0.3 is 239 Å². The Morgan fingerprint density at radius 3 is 1.09 bits per heavy atom. The maximum absolute atomic E-state index is 12.8. The smallest absolute Gasteiger partial charge is 0.364 e. The number of carboxylic acids is 1. The first kappa shape index (κ1) is 96.8. The second kappa shape index (κ2) is 41.4. The van der Waals surface area contributed by atoms with Crippen LogP contribution in [0.15, 0.2) is 0 Å². The highest BCUT2D eigenvalue weighted by Crippen LogP contribution is 2.43. The zero-order chi connectivity index (χ0) is 86.2. The van der Waals surface area contributed by atoms with E-state index in [9.17, 15) is 148 Å². The fourth-order valence-electron chi connectivity index (χ4n) is 15.9. The number of hydrogen-bond donors (Lipinski definition) is 29. The fraction of sp³-hybridized carbons (Fsp3) is 0.985. The van der Waals surface area contributed by atoms with Gasteiger partial charge in [0.25, 0.3) is 5.79 Å². The average molecular weight is 1720 g/mol. The van der Waals surface area contributed by atoms with Gasteiger partial charge in [0.15, 0.2) is 50.3 Å². The van der Waals surface area contributed by atoms with Crippen molar-refractivity contribution >= 4 is 5.97 Å². The van der Waals surface area contributed by atoms with E-state index in [0.717, 1.165) is 0 Å². The van der Waals surface area contributed by atoms with Crippen molar-refractivity contribution in [2.45, 2.75) is 329 Å². The van der Waals surface area contributed by atoms with E-state index in [1.54, 1.807) is 13.8 Å². The molecule has 10 fully saturated rings. The summed E-state index contributed by atoms with van der Waals surface area (Å²) in [5.74, 6) is -9.45. The van der Waals surface area contributed by atoms with Crippen LogP contribution in [0, 0.1) is 23.7 Å². The highest BCUT2D eigenvalue weighted by atomic mass is 16.8. The molecule has 0 aliphatic carbocycles. The lowest BCUT2D eigenvalue weighted by Gasteiger charge is -2.51. The first-order chi connectivity index (χ1) is 55.3. The lowest BCUT2D eigenvalue weighted by molar-refractivity contribution is -0.402. The van der Waals surface area contributed by atoms with Gasteiger partial charge in [0, 0.05) is 30.1 Å². The van der Waals surface area contributed by atoms with Gasteiger partial charge in [0.1, 0.15) is 189 Å². The van der Waals surface area contributed by atoms with Gasteiger partial charge in [0.2, 0.25) is 0 Å². The van der Waals surface area contributed by atoms with E-state index in [4.69, 9.17) is 95.7 Å². The van der Waals surface area contributed by atoms with E-state index in [0.29, 0.717) is 0 Å². The number of hydrogen-bond acceptors (Lipinski definition) is 48. The third-order valence-corrected chi connectivity index (χ3v) is 23.7. The molecule has 10 aliphatic rings. The quantitative estimate of drug-likeness (QED) is 0.0306. The maximum Gasteiger partial charge on any atom is 0.364 e. The second-order valence-corrected chi connectivity index (χ2v) is 31.4. The Hall–Kier alpha value is -2.41. The third-order valence-electron chi connectivity index (χ3n) is 23.7. The number of rotatable bonds is 31. The first-order valence-corrected chi connectivity index (χ1v) is 38.5. The summed E-state index contributed by atoms with van der Waals surface area (Å²) >= 11 is 0. The van der Waals surface area contributed by atoms with Gasteiger partial charge in [-0.05, 0) is 6.92 Å². The molecule has 51 atom stereocenters. The summed E-state index contributed by atoms with van der Waals surface area (Å²) in [5, 5.41) is 309. The standard InChI is InChI=1S/C68H117NO48/c1-17-21(5)101-27(11-74)51(34(17)80)110-59-18(2)35(81)54(30(14-77)105-59)113-64-50(96)56(43(89)31(108-64)15-99-65-57(46(92)40(86)25(9-72)103-65)115-60-19(3)36(82)52(28(12-75)106-60)111-62-48(94)44(90)39(85)24(8-71)102-62)114-66-58(47(93)41(87)26(10-73)104-66)116-61-20(4)37(83)53(29(13-76)107-61)112-63-49(95)45(91)42(88)32(109-63)16-100-68(67(97)98)6-22(78)33(69)55(117-68)38(84)23(79)7-70/h17-66,70-96H,6-16,69H2,1-5H3,(H,97,98)/t17-,18+,19?,20+,21+,22-,23?,24?,25?,26-,27?,28+,29?,30?,31?,32?,33-,34?,35?,36?,37?,38-,39+,40-,41-,42+,43-,44?,45?,46?,47?,48+,49+,50-,51-,52-,53-,54-,55?,56?,57-,58?,59+,60+,61+,62+,63+,64+,65+,66-,68-/m1/s1. The molecule has 0 amide bonds. The highest BCUT2D eigenvalue weighted by Gasteiger charge is 2.62. The minimum Gasteiger partial charge on any atom is -0.477 e. The molecule has 682 valence electrons. The molecular weight excluding hydrogens is 1600 g/mol.